The molecule has 3 rings (SSSR count). The molecule has 0 aliphatic heterocycles. The minimum absolute atomic E-state index is 0.226. The quantitative estimate of drug-likeness (QED) is 0.138. The molecule has 11 heteroatoms. The van der Waals surface area contributed by atoms with E-state index in [0.29, 0.717) is 24.1 Å². The summed E-state index contributed by atoms with van der Waals surface area (Å²) in [5.74, 6) is -4.48. The lowest BCUT2D eigenvalue weighted by Crippen LogP contribution is -2.13. The number of amides is 1. The summed E-state index contributed by atoms with van der Waals surface area (Å²) in [5.41, 5.74) is 1.40. The standard InChI is InChI=1S/C28H30F2N2O6S/c1-4-5-11-38-12-7-9-17-8-6-10-19(25(17)37-3)23-16-39-28(31-23)32-26(33)18-13-21(29)20(22(30)14-18)15-24(36-2)27(34)35/h6,8,10,13-16H,4-5,7,9,11-12H2,1-3H3,(H,34,35)(H,31,32,33)/b24-15+. The first-order valence-electron chi connectivity index (χ1n) is 12.3. The van der Waals surface area contributed by atoms with Gasteiger partial charge in [0, 0.05) is 41.4 Å². The number of nitrogens with zero attached hydrogens (tertiary/aromatic N) is 1. The summed E-state index contributed by atoms with van der Waals surface area (Å²) in [6.07, 6.45) is 4.44. The molecular weight excluding hydrogens is 530 g/mol. The minimum Gasteiger partial charge on any atom is -0.496 e. The number of carboxylic acids is 1. The van der Waals surface area contributed by atoms with E-state index in [1.54, 1.807) is 12.5 Å². The fraction of sp³-hybridized carbons (Fsp3) is 0.321. The average Bonchev–Trinajstić information content (AvgIpc) is 3.38. The number of hydrogen-bond donors (Lipinski definition) is 2. The predicted octanol–water partition coefficient (Wildman–Crippen LogP) is 6.17. The molecule has 0 radical (unpaired) electrons. The first-order chi connectivity index (χ1) is 18.8. The number of carboxylic acid groups (broad SMARTS) is 1. The van der Waals surface area contributed by atoms with Gasteiger partial charge in [-0.3, -0.25) is 10.1 Å². The smallest absolute Gasteiger partial charge is 0.371 e. The number of anilines is 1. The molecule has 2 aromatic carbocycles. The normalized spacial score (nSPS) is 11.4. The second-order valence-corrected chi connectivity index (χ2v) is 9.29. The lowest BCUT2D eigenvalue weighted by molar-refractivity contribution is -0.135. The Bertz CT molecular complexity index is 1320. The Labute approximate surface area is 229 Å². The molecule has 1 aromatic heterocycles. The van der Waals surface area contributed by atoms with Crippen LogP contribution in [0.1, 0.15) is 47.7 Å². The van der Waals surface area contributed by atoms with Crippen molar-refractivity contribution in [2.45, 2.75) is 32.6 Å². The first-order valence-corrected chi connectivity index (χ1v) is 13.2. The lowest BCUT2D eigenvalue weighted by atomic mass is 10.0. The molecule has 1 amide bonds. The number of benzene rings is 2. The Balaban J connectivity index is 1.74. The molecule has 0 spiro atoms. The molecule has 0 saturated heterocycles. The zero-order valence-electron chi connectivity index (χ0n) is 21.9. The van der Waals surface area contributed by atoms with Gasteiger partial charge in [0.2, 0.25) is 5.76 Å². The van der Waals surface area contributed by atoms with Gasteiger partial charge < -0.3 is 19.3 Å². The maximum atomic E-state index is 14.5. The lowest BCUT2D eigenvalue weighted by Gasteiger charge is -2.12. The third-order valence-electron chi connectivity index (χ3n) is 5.73. The topological polar surface area (TPSA) is 107 Å². The van der Waals surface area contributed by atoms with E-state index in [4.69, 9.17) is 14.6 Å². The van der Waals surface area contributed by atoms with Crippen LogP contribution in [0.4, 0.5) is 13.9 Å². The molecule has 2 N–H and O–H groups in total. The Kier molecular flexibility index (Phi) is 10.9. The maximum Gasteiger partial charge on any atom is 0.371 e. The number of carbonyl (C=O) groups excluding carboxylic acids is 1. The molecule has 1 heterocycles. The molecule has 3 aromatic rings. The van der Waals surface area contributed by atoms with Crippen molar-refractivity contribution in [2.75, 3.05) is 32.8 Å². The average molecular weight is 561 g/mol. The van der Waals surface area contributed by atoms with Crippen LogP contribution in [0.2, 0.25) is 0 Å². The number of nitrogens with one attached hydrogen (secondary N) is 1. The molecule has 208 valence electrons. The number of rotatable bonds is 14. The Morgan fingerprint density at radius 1 is 1.13 bits per heavy atom. The molecular formula is C28H30F2N2O6S. The van der Waals surface area contributed by atoms with E-state index in [1.807, 2.05) is 18.2 Å². The van der Waals surface area contributed by atoms with Crippen molar-refractivity contribution >= 4 is 34.4 Å². The van der Waals surface area contributed by atoms with Gasteiger partial charge in [0.25, 0.3) is 5.91 Å². The molecule has 0 saturated carbocycles. The largest absolute Gasteiger partial charge is 0.496 e. The van der Waals surface area contributed by atoms with E-state index in [0.717, 1.165) is 74.0 Å². The highest BCUT2D eigenvalue weighted by Gasteiger charge is 2.19. The number of para-hydroxylation sites is 1. The monoisotopic (exact) mass is 560 g/mol. The highest BCUT2D eigenvalue weighted by molar-refractivity contribution is 7.14. The molecule has 0 aliphatic carbocycles. The Morgan fingerprint density at radius 2 is 1.85 bits per heavy atom. The number of aromatic nitrogens is 1. The minimum atomic E-state index is -1.49. The molecule has 39 heavy (non-hydrogen) atoms. The van der Waals surface area contributed by atoms with E-state index in [-0.39, 0.29) is 10.7 Å². The van der Waals surface area contributed by atoms with E-state index in [2.05, 4.69) is 22.0 Å². The number of aryl methyl sites for hydroxylation is 1. The summed E-state index contributed by atoms with van der Waals surface area (Å²) < 4.78 is 45.0. The van der Waals surface area contributed by atoms with Crippen molar-refractivity contribution in [3.05, 3.63) is 69.8 Å². The fourth-order valence-electron chi connectivity index (χ4n) is 3.75. The van der Waals surface area contributed by atoms with E-state index in [9.17, 15) is 18.4 Å². The van der Waals surface area contributed by atoms with Crippen LogP contribution in [-0.2, 0) is 20.7 Å². The number of halogens is 2. The van der Waals surface area contributed by atoms with Gasteiger partial charge in [-0.2, -0.15) is 0 Å². The van der Waals surface area contributed by atoms with Gasteiger partial charge in [-0.15, -0.1) is 11.3 Å². The SMILES string of the molecule is CCCCOCCCc1cccc(-c2csc(NC(=O)c3cc(F)c(/C=C(/OC)C(=O)O)c(F)c3)n2)c1OC. The van der Waals surface area contributed by atoms with Crippen molar-refractivity contribution in [1.29, 1.82) is 0 Å². The van der Waals surface area contributed by atoms with Gasteiger partial charge in [0.05, 0.1) is 19.9 Å². The van der Waals surface area contributed by atoms with Crippen LogP contribution < -0.4 is 10.1 Å². The van der Waals surface area contributed by atoms with Gasteiger partial charge in [0.15, 0.2) is 5.13 Å². The second kappa shape index (κ2) is 14.4. The molecule has 0 fully saturated rings. The summed E-state index contributed by atoms with van der Waals surface area (Å²) in [4.78, 5) is 28.2. The summed E-state index contributed by atoms with van der Waals surface area (Å²) in [6, 6.07) is 7.38. The number of thiazole rings is 1. The number of aliphatic carboxylic acids is 1. The number of hydrogen-bond acceptors (Lipinski definition) is 7. The van der Waals surface area contributed by atoms with Gasteiger partial charge in [-0.05, 0) is 43.0 Å². The van der Waals surface area contributed by atoms with Gasteiger partial charge >= 0.3 is 5.97 Å². The van der Waals surface area contributed by atoms with E-state index < -0.39 is 34.8 Å². The highest BCUT2D eigenvalue weighted by Crippen LogP contribution is 2.35. The Morgan fingerprint density at radius 3 is 2.49 bits per heavy atom. The Hall–Kier alpha value is -3.83. The van der Waals surface area contributed by atoms with Crippen LogP contribution in [0, 0.1) is 11.6 Å². The van der Waals surface area contributed by atoms with Crippen LogP contribution >= 0.6 is 11.3 Å². The fourth-order valence-corrected chi connectivity index (χ4v) is 4.46. The van der Waals surface area contributed by atoms with Crippen molar-refractivity contribution in [2.24, 2.45) is 0 Å². The maximum absolute atomic E-state index is 14.5. The number of unbranched alkanes of at least 4 members (excludes halogenated alkanes) is 1. The van der Waals surface area contributed by atoms with Crippen LogP contribution in [0.15, 0.2) is 41.5 Å². The van der Waals surface area contributed by atoms with E-state index >= 15 is 0 Å². The van der Waals surface area contributed by atoms with Gasteiger partial charge in [-0.1, -0.05) is 25.5 Å². The highest BCUT2D eigenvalue weighted by atomic mass is 32.1. The molecule has 8 nitrogen and oxygen atoms in total. The third kappa shape index (κ3) is 7.84. The van der Waals surface area contributed by atoms with Crippen molar-refractivity contribution < 1.29 is 37.7 Å². The second-order valence-electron chi connectivity index (χ2n) is 8.43. The van der Waals surface area contributed by atoms with Crippen LogP contribution in [0.25, 0.3) is 17.3 Å². The number of carbonyl (C=O) groups is 2. The predicted molar refractivity (Wildman–Crippen MR) is 145 cm³/mol. The van der Waals surface area contributed by atoms with Crippen molar-refractivity contribution in [3.8, 4) is 17.0 Å². The summed E-state index contributed by atoms with van der Waals surface area (Å²) >= 11 is 1.15. The molecule has 0 aliphatic rings. The first kappa shape index (κ1) is 29.7. The van der Waals surface area contributed by atoms with Crippen molar-refractivity contribution in [3.63, 3.8) is 0 Å². The zero-order chi connectivity index (χ0) is 28.4. The van der Waals surface area contributed by atoms with Gasteiger partial charge in [0.1, 0.15) is 17.4 Å². The third-order valence-corrected chi connectivity index (χ3v) is 6.48. The van der Waals surface area contributed by atoms with E-state index in [1.165, 1.54) is 0 Å². The van der Waals surface area contributed by atoms with Crippen LogP contribution in [0.5, 0.6) is 5.75 Å². The molecule has 0 bridgehead atoms. The number of methoxy groups -OCH3 is 2. The van der Waals surface area contributed by atoms with Crippen LogP contribution in [0.3, 0.4) is 0 Å². The zero-order valence-corrected chi connectivity index (χ0v) is 22.7. The van der Waals surface area contributed by atoms with Crippen molar-refractivity contribution in [1.82, 2.24) is 4.98 Å². The van der Waals surface area contributed by atoms with Gasteiger partial charge in [-0.25, -0.2) is 18.6 Å². The summed E-state index contributed by atoms with van der Waals surface area (Å²) in [6.45, 7) is 3.53. The molecule has 0 unspecified atom stereocenters. The molecule has 0 atom stereocenters. The summed E-state index contributed by atoms with van der Waals surface area (Å²) in [5, 5.41) is 13.5. The summed E-state index contributed by atoms with van der Waals surface area (Å²) in [7, 11) is 2.65. The number of ether oxygens (including phenoxy) is 3. The van der Waals surface area contributed by atoms with Crippen LogP contribution in [-0.4, -0.2) is 49.4 Å².